The molecule has 1 heterocycles. The smallest absolute Gasteiger partial charge is 0.174 e. The number of ketones is 1. The van der Waals surface area contributed by atoms with Crippen LogP contribution in [0.25, 0.3) is 0 Å². The lowest BCUT2D eigenvalue weighted by molar-refractivity contribution is 0.0986. The van der Waals surface area contributed by atoms with Crippen LogP contribution in [0.5, 0.6) is 0 Å². The molecule has 88 valence electrons. The van der Waals surface area contributed by atoms with Gasteiger partial charge in [0.1, 0.15) is 0 Å². The van der Waals surface area contributed by atoms with E-state index in [0.29, 0.717) is 6.42 Å². The van der Waals surface area contributed by atoms with Gasteiger partial charge in [-0.3, -0.25) is 4.79 Å². The zero-order valence-electron chi connectivity index (χ0n) is 9.56. The lowest BCUT2D eigenvalue weighted by atomic mass is 10.2. The third kappa shape index (κ3) is 3.80. The molecule has 2 rings (SSSR count). The molecule has 0 atom stereocenters. The molecule has 1 aromatic carbocycles. The van der Waals surface area contributed by atoms with Crippen LogP contribution in [0.3, 0.4) is 0 Å². The van der Waals surface area contributed by atoms with Gasteiger partial charge in [0.25, 0.3) is 0 Å². The summed E-state index contributed by atoms with van der Waals surface area (Å²) in [4.78, 5) is 12.5. The Morgan fingerprint density at radius 1 is 1.12 bits per heavy atom. The summed E-state index contributed by atoms with van der Waals surface area (Å²) in [5, 5.41) is 5.21. The Kier molecular flexibility index (Phi) is 4.47. The summed E-state index contributed by atoms with van der Waals surface area (Å²) in [5.74, 6) is 0.223. The first-order valence-electron chi connectivity index (χ1n) is 5.67. The van der Waals surface area contributed by atoms with Crippen LogP contribution in [0.2, 0.25) is 0 Å². The van der Waals surface area contributed by atoms with Crippen LogP contribution in [0.15, 0.2) is 47.8 Å². The average molecular weight is 245 g/mol. The number of carbonyl (C=O) groups excluding carboxylic acids is 1. The summed E-state index contributed by atoms with van der Waals surface area (Å²) >= 11 is 1.51. The van der Waals surface area contributed by atoms with E-state index in [1.807, 2.05) is 35.7 Å². The van der Waals surface area contributed by atoms with Crippen molar-refractivity contribution >= 4 is 17.1 Å². The monoisotopic (exact) mass is 245 g/mol. The highest BCUT2D eigenvalue weighted by atomic mass is 32.1. The van der Waals surface area contributed by atoms with Gasteiger partial charge in [-0.1, -0.05) is 36.4 Å². The molecule has 1 aromatic heterocycles. The third-order valence-electron chi connectivity index (χ3n) is 2.50. The van der Waals surface area contributed by atoms with Crippen LogP contribution in [0.1, 0.15) is 21.7 Å². The summed E-state index contributed by atoms with van der Waals surface area (Å²) in [6, 6.07) is 14.0. The highest BCUT2D eigenvalue weighted by Gasteiger charge is 2.05. The first-order chi connectivity index (χ1) is 8.36. The van der Waals surface area contributed by atoms with Gasteiger partial charge in [0.2, 0.25) is 0 Å². The second-order valence-electron chi connectivity index (χ2n) is 3.81. The van der Waals surface area contributed by atoms with Gasteiger partial charge in [-0.05, 0) is 17.0 Å². The second kappa shape index (κ2) is 6.33. The maximum atomic E-state index is 11.7. The van der Waals surface area contributed by atoms with Crippen molar-refractivity contribution in [3.8, 4) is 0 Å². The van der Waals surface area contributed by atoms with Gasteiger partial charge in [-0.15, -0.1) is 11.3 Å². The number of benzene rings is 1. The summed E-state index contributed by atoms with van der Waals surface area (Å²) in [6.07, 6.45) is 0.563. The normalized spacial score (nSPS) is 10.4. The molecular weight excluding hydrogens is 230 g/mol. The van der Waals surface area contributed by atoms with Crippen molar-refractivity contribution in [1.29, 1.82) is 0 Å². The molecule has 0 spiro atoms. The van der Waals surface area contributed by atoms with Crippen molar-refractivity contribution in [2.45, 2.75) is 13.0 Å². The average Bonchev–Trinajstić information content (AvgIpc) is 2.89. The summed E-state index contributed by atoms with van der Waals surface area (Å²) in [6.45, 7) is 1.55. The fraction of sp³-hybridized carbons (Fsp3) is 0.214. The standard InChI is InChI=1S/C14H15NOS/c16-13(14-7-4-10-17-14)8-9-15-11-12-5-2-1-3-6-12/h1-7,10,15H,8-9,11H2. The highest BCUT2D eigenvalue weighted by molar-refractivity contribution is 7.12. The molecular formula is C14H15NOS. The molecule has 1 N–H and O–H groups in total. The van der Waals surface area contributed by atoms with Crippen LogP contribution >= 0.6 is 11.3 Å². The molecule has 2 aromatic rings. The first kappa shape index (κ1) is 12.0. The van der Waals surface area contributed by atoms with Gasteiger partial charge in [-0.25, -0.2) is 0 Å². The summed E-state index contributed by atoms with van der Waals surface area (Å²) < 4.78 is 0. The summed E-state index contributed by atoms with van der Waals surface area (Å²) in [7, 11) is 0. The Bertz CT molecular complexity index is 450. The molecule has 3 heteroatoms. The number of hydrogen-bond acceptors (Lipinski definition) is 3. The Morgan fingerprint density at radius 3 is 2.65 bits per heavy atom. The van der Waals surface area contributed by atoms with E-state index in [1.54, 1.807) is 0 Å². The molecule has 0 aliphatic rings. The van der Waals surface area contributed by atoms with E-state index >= 15 is 0 Å². The fourth-order valence-electron chi connectivity index (χ4n) is 1.59. The van der Waals surface area contributed by atoms with E-state index < -0.39 is 0 Å². The maximum absolute atomic E-state index is 11.7. The second-order valence-corrected chi connectivity index (χ2v) is 4.76. The van der Waals surface area contributed by atoms with Gasteiger partial charge >= 0.3 is 0 Å². The minimum Gasteiger partial charge on any atom is -0.312 e. The molecule has 0 saturated carbocycles. The molecule has 0 unspecified atom stereocenters. The SMILES string of the molecule is O=C(CCNCc1ccccc1)c1cccs1. The maximum Gasteiger partial charge on any atom is 0.174 e. The first-order valence-corrected chi connectivity index (χ1v) is 6.55. The molecule has 2 nitrogen and oxygen atoms in total. The van der Waals surface area contributed by atoms with Crippen LogP contribution in [0, 0.1) is 0 Å². The van der Waals surface area contributed by atoms with Gasteiger partial charge in [0, 0.05) is 19.5 Å². The zero-order chi connectivity index (χ0) is 11.9. The Morgan fingerprint density at radius 2 is 1.94 bits per heavy atom. The van der Waals surface area contributed by atoms with E-state index in [4.69, 9.17) is 0 Å². The fourth-order valence-corrected chi connectivity index (χ4v) is 2.29. The third-order valence-corrected chi connectivity index (χ3v) is 3.41. The number of thiophene rings is 1. The number of carbonyl (C=O) groups is 1. The number of Topliss-reactive ketones (excluding diaryl/α,β-unsaturated/α-hetero) is 1. The van der Waals surface area contributed by atoms with Crippen molar-refractivity contribution in [2.24, 2.45) is 0 Å². The molecule has 0 amide bonds. The molecule has 0 saturated heterocycles. The predicted molar refractivity (Wildman–Crippen MR) is 71.4 cm³/mol. The number of nitrogens with one attached hydrogen (secondary N) is 1. The quantitative estimate of drug-likeness (QED) is 0.626. The number of hydrogen-bond donors (Lipinski definition) is 1. The highest BCUT2D eigenvalue weighted by Crippen LogP contribution is 2.10. The van der Waals surface area contributed by atoms with Gasteiger partial charge < -0.3 is 5.32 Å². The van der Waals surface area contributed by atoms with Crippen LogP contribution < -0.4 is 5.32 Å². The van der Waals surface area contributed by atoms with Crippen molar-refractivity contribution in [1.82, 2.24) is 5.32 Å². The van der Waals surface area contributed by atoms with Gasteiger partial charge in [-0.2, -0.15) is 0 Å². The van der Waals surface area contributed by atoms with Crippen molar-refractivity contribution in [2.75, 3.05) is 6.54 Å². The molecule has 0 fully saturated rings. The summed E-state index contributed by atoms with van der Waals surface area (Å²) in [5.41, 5.74) is 1.25. The lowest BCUT2D eigenvalue weighted by Gasteiger charge is -2.03. The number of rotatable bonds is 6. The Labute approximate surface area is 105 Å². The van der Waals surface area contributed by atoms with Crippen LogP contribution in [-0.2, 0) is 6.54 Å². The minimum atomic E-state index is 0.223. The topological polar surface area (TPSA) is 29.1 Å². The van der Waals surface area contributed by atoms with E-state index in [9.17, 15) is 4.79 Å². The zero-order valence-corrected chi connectivity index (χ0v) is 10.4. The van der Waals surface area contributed by atoms with Crippen LogP contribution in [0.4, 0.5) is 0 Å². The van der Waals surface area contributed by atoms with Crippen LogP contribution in [-0.4, -0.2) is 12.3 Å². The van der Waals surface area contributed by atoms with E-state index in [2.05, 4.69) is 17.4 Å². The van der Waals surface area contributed by atoms with E-state index in [-0.39, 0.29) is 5.78 Å². The van der Waals surface area contributed by atoms with Crippen molar-refractivity contribution in [3.05, 3.63) is 58.3 Å². The Balaban J connectivity index is 1.69. The molecule has 17 heavy (non-hydrogen) atoms. The van der Waals surface area contributed by atoms with Gasteiger partial charge in [0.05, 0.1) is 4.88 Å². The van der Waals surface area contributed by atoms with Crippen molar-refractivity contribution in [3.63, 3.8) is 0 Å². The Hall–Kier alpha value is -1.45. The minimum absolute atomic E-state index is 0.223. The van der Waals surface area contributed by atoms with Gasteiger partial charge in [0.15, 0.2) is 5.78 Å². The lowest BCUT2D eigenvalue weighted by Crippen LogP contribution is -2.17. The van der Waals surface area contributed by atoms with E-state index in [1.165, 1.54) is 16.9 Å². The predicted octanol–water partition coefficient (Wildman–Crippen LogP) is 3.11. The molecule has 0 radical (unpaired) electrons. The van der Waals surface area contributed by atoms with Crippen molar-refractivity contribution < 1.29 is 4.79 Å². The van der Waals surface area contributed by atoms with E-state index in [0.717, 1.165) is 18.0 Å². The largest absolute Gasteiger partial charge is 0.312 e. The molecule has 0 aliphatic carbocycles. The molecule has 0 bridgehead atoms. The molecule has 0 aliphatic heterocycles.